The molecule has 0 unspecified atom stereocenters. The van der Waals surface area contributed by atoms with Crippen LogP contribution in [-0.2, 0) is 9.52 Å². The normalized spacial score (nSPS) is 26.8. The highest BCUT2D eigenvalue weighted by molar-refractivity contribution is 8.00. The van der Waals surface area contributed by atoms with Crippen molar-refractivity contribution >= 4 is 38.9 Å². The zero-order chi connectivity index (χ0) is 18.6. The molecule has 0 atom stereocenters. The second kappa shape index (κ2) is 8.30. The number of nitrogens with zero attached hydrogens (tertiary/aromatic N) is 4. The standard InChI is InChI=1S/C8H14N3O2S.C7H12N3OS/c1-14(12)4-2-7(3-5-14)11-6-8(9)13-10-11;8-7-5-10(9-11-7)6-1-3-12-4-2-6/h6-7H,1-5,9H2;5-6H,1-4,8H2/q2*+1. The molecule has 2 aliphatic rings. The predicted octanol–water partition coefficient (Wildman–Crippen LogP) is 0.208. The topological polar surface area (TPSA) is 129 Å². The molecule has 4 heterocycles. The third-order valence-electron chi connectivity index (χ3n) is 4.59. The molecule has 4 N–H and O–H groups in total. The number of hydrogen-bond donors (Lipinski definition) is 2. The summed E-state index contributed by atoms with van der Waals surface area (Å²) in [5.74, 6) is 8.17. The highest BCUT2D eigenvalue weighted by Crippen LogP contribution is 2.22. The molecule has 0 spiro atoms. The van der Waals surface area contributed by atoms with Gasteiger partial charge in [0, 0.05) is 37.2 Å². The van der Waals surface area contributed by atoms with Crippen molar-refractivity contribution in [2.24, 2.45) is 0 Å². The van der Waals surface area contributed by atoms with E-state index in [-0.39, 0.29) is 6.04 Å². The van der Waals surface area contributed by atoms with Crippen molar-refractivity contribution in [1.82, 2.24) is 10.5 Å². The lowest BCUT2D eigenvalue weighted by Crippen LogP contribution is -2.44. The summed E-state index contributed by atoms with van der Waals surface area (Å²) in [5, 5.41) is 7.64. The highest BCUT2D eigenvalue weighted by Gasteiger charge is 2.29. The molecule has 2 saturated heterocycles. The maximum absolute atomic E-state index is 11.6. The molecule has 2 fully saturated rings. The smallest absolute Gasteiger partial charge is 0.293 e. The lowest BCUT2D eigenvalue weighted by molar-refractivity contribution is -0.785. The van der Waals surface area contributed by atoms with Gasteiger partial charge in [0.1, 0.15) is 0 Å². The van der Waals surface area contributed by atoms with Gasteiger partial charge >= 0.3 is 0 Å². The van der Waals surface area contributed by atoms with Gasteiger partial charge in [-0.3, -0.25) is 13.3 Å². The molecule has 9 nitrogen and oxygen atoms in total. The Morgan fingerprint density at radius 3 is 1.88 bits per heavy atom. The summed E-state index contributed by atoms with van der Waals surface area (Å²) in [6, 6.07) is 0.750. The first kappa shape index (κ1) is 19.0. The van der Waals surface area contributed by atoms with Crippen molar-refractivity contribution in [3.8, 4) is 0 Å². The fraction of sp³-hybridized carbons (Fsp3) is 0.667. The SMILES string of the molecule is C=S1(=O)CCC([n+]2cc(N)on2)CC1.Nc1c[n+](C2CCSCC2)no1. The molecule has 0 aromatic carbocycles. The molecule has 144 valence electrons. The average Bonchev–Trinajstić information content (AvgIpc) is 3.25. The van der Waals surface area contributed by atoms with Gasteiger partial charge in [0.25, 0.3) is 24.2 Å². The summed E-state index contributed by atoms with van der Waals surface area (Å²) < 4.78 is 24.7. The van der Waals surface area contributed by atoms with Crippen LogP contribution in [-0.4, -0.2) is 43.6 Å². The van der Waals surface area contributed by atoms with Gasteiger partial charge in [-0.1, -0.05) is 0 Å². The van der Waals surface area contributed by atoms with Crippen molar-refractivity contribution in [3.05, 3.63) is 12.4 Å². The van der Waals surface area contributed by atoms with E-state index in [0.717, 1.165) is 12.8 Å². The predicted molar refractivity (Wildman–Crippen MR) is 101 cm³/mol. The molecule has 2 aromatic rings. The van der Waals surface area contributed by atoms with E-state index in [9.17, 15) is 4.21 Å². The first-order chi connectivity index (χ1) is 12.4. The molecule has 0 amide bonds. The molecule has 0 saturated carbocycles. The third kappa shape index (κ3) is 5.13. The van der Waals surface area contributed by atoms with Crippen LogP contribution in [0.2, 0.25) is 0 Å². The second-order valence-corrected chi connectivity index (χ2v) is 10.6. The van der Waals surface area contributed by atoms with Crippen LogP contribution >= 0.6 is 11.8 Å². The van der Waals surface area contributed by atoms with Crippen molar-refractivity contribution in [2.75, 3.05) is 34.5 Å². The summed E-state index contributed by atoms with van der Waals surface area (Å²) in [7, 11) is -1.82. The van der Waals surface area contributed by atoms with E-state index < -0.39 is 9.52 Å². The molecule has 4 rings (SSSR count). The Kier molecular flexibility index (Phi) is 6.07. The largest absolute Gasteiger partial charge is 0.362 e. The molecular weight excluding hydrogens is 376 g/mol. The van der Waals surface area contributed by atoms with Crippen LogP contribution in [0.5, 0.6) is 0 Å². The van der Waals surface area contributed by atoms with Gasteiger partial charge < -0.3 is 11.5 Å². The number of rotatable bonds is 2. The van der Waals surface area contributed by atoms with Crippen LogP contribution in [0.1, 0.15) is 37.8 Å². The fourth-order valence-corrected chi connectivity index (χ4v) is 5.74. The fourth-order valence-electron chi connectivity index (χ4n) is 3.05. The molecule has 2 aliphatic heterocycles. The van der Waals surface area contributed by atoms with Crippen LogP contribution in [0.25, 0.3) is 0 Å². The van der Waals surface area contributed by atoms with Gasteiger partial charge in [-0.2, -0.15) is 11.8 Å². The van der Waals surface area contributed by atoms with E-state index in [1.54, 1.807) is 17.1 Å². The van der Waals surface area contributed by atoms with Crippen molar-refractivity contribution in [1.29, 1.82) is 0 Å². The summed E-state index contributed by atoms with van der Waals surface area (Å²) >= 11 is 2.00. The number of nitrogen functional groups attached to an aromatic ring is 2. The number of hydrogen-bond acceptors (Lipinski definition) is 8. The average molecular weight is 403 g/mol. The molecule has 0 bridgehead atoms. The Balaban J connectivity index is 0.000000152. The van der Waals surface area contributed by atoms with Gasteiger partial charge in [-0.25, -0.2) is 0 Å². The molecule has 0 aliphatic carbocycles. The summed E-state index contributed by atoms with van der Waals surface area (Å²) in [6.07, 6.45) is 7.43. The molecule has 11 heteroatoms. The van der Waals surface area contributed by atoms with Gasteiger partial charge in [0.2, 0.25) is 10.5 Å². The monoisotopic (exact) mass is 402 g/mol. The maximum Gasteiger partial charge on any atom is 0.293 e. The molecule has 2 aromatic heterocycles. The molecular formula is C15H26N6O3S2+2. The Bertz CT molecular complexity index is 799. The summed E-state index contributed by atoms with van der Waals surface area (Å²) in [5.41, 5.74) is 10.8. The third-order valence-corrected chi connectivity index (χ3v) is 7.59. The highest BCUT2D eigenvalue weighted by atomic mass is 32.2. The summed E-state index contributed by atoms with van der Waals surface area (Å²) in [4.78, 5) is 0. The Morgan fingerprint density at radius 2 is 1.46 bits per heavy atom. The Labute approximate surface area is 157 Å². The minimum Gasteiger partial charge on any atom is -0.362 e. The first-order valence-electron chi connectivity index (χ1n) is 8.60. The lowest BCUT2D eigenvalue weighted by Gasteiger charge is -2.17. The van der Waals surface area contributed by atoms with Gasteiger partial charge in [0.15, 0.2) is 12.1 Å². The molecule has 26 heavy (non-hydrogen) atoms. The quantitative estimate of drug-likeness (QED) is 0.539. The number of aromatic nitrogens is 4. The Hall–Kier alpha value is -1.75. The zero-order valence-electron chi connectivity index (χ0n) is 14.7. The Morgan fingerprint density at radius 1 is 1.00 bits per heavy atom. The van der Waals surface area contributed by atoms with E-state index in [0.29, 0.717) is 29.3 Å². The maximum atomic E-state index is 11.6. The number of thioether (sulfide) groups is 1. The van der Waals surface area contributed by atoms with Crippen LogP contribution in [0.15, 0.2) is 21.4 Å². The van der Waals surface area contributed by atoms with Gasteiger partial charge in [-0.15, -0.1) is 0 Å². The van der Waals surface area contributed by atoms with Crippen LogP contribution < -0.4 is 20.8 Å². The van der Waals surface area contributed by atoms with E-state index in [2.05, 4.69) is 16.4 Å². The van der Waals surface area contributed by atoms with Crippen molar-refractivity contribution in [2.45, 2.75) is 37.8 Å². The summed E-state index contributed by atoms with van der Waals surface area (Å²) in [6.45, 7) is 0. The minimum absolute atomic E-state index is 0.257. The zero-order valence-corrected chi connectivity index (χ0v) is 16.3. The lowest BCUT2D eigenvalue weighted by atomic mass is 10.2. The molecule has 0 radical (unpaired) electrons. The van der Waals surface area contributed by atoms with E-state index in [4.69, 9.17) is 20.5 Å². The van der Waals surface area contributed by atoms with Gasteiger partial charge in [0.05, 0.1) is 0 Å². The number of nitrogens with two attached hydrogens (primary N) is 2. The minimum atomic E-state index is -1.82. The number of anilines is 2. The van der Waals surface area contributed by atoms with Crippen molar-refractivity contribution in [3.63, 3.8) is 0 Å². The van der Waals surface area contributed by atoms with Crippen LogP contribution in [0.4, 0.5) is 11.8 Å². The van der Waals surface area contributed by atoms with Crippen molar-refractivity contribution < 1.29 is 22.6 Å². The van der Waals surface area contributed by atoms with E-state index in [1.165, 1.54) is 24.3 Å². The van der Waals surface area contributed by atoms with Gasteiger partial charge in [-0.05, 0) is 36.3 Å². The van der Waals surface area contributed by atoms with Crippen LogP contribution in [0, 0.1) is 0 Å². The first-order valence-corrected chi connectivity index (χ1v) is 11.8. The van der Waals surface area contributed by atoms with E-state index in [1.807, 2.05) is 16.4 Å². The second-order valence-electron chi connectivity index (χ2n) is 6.62. The van der Waals surface area contributed by atoms with E-state index >= 15 is 0 Å². The van der Waals surface area contributed by atoms with Crippen LogP contribution in [0.3, 0.4) is 0 Å².